The molecule has 0 radical (unpaired) electrons. The maximum atomic E-state index is 12.6. The molecule has 27 heavy (non-hydrogen) atoms. The lowest BCUT2D eigenvalue weighted by Gasteiger charge is -2.22. The largest absolute Gasteiger partial charge is 0.440 e. The van der Waals surface area contributed by atoms with E-state index in [0.29, 0.717) is 35.5 Å². The van der Waals surface area contributed by atoms with Gasteiger partial charge in [0.05, 0.1) is 0 Å². The SMILES string of the molecule is CCC1(CC)NC(=O)N(CC(=O)Nc2ccc3oc(C4CC4)nc3c2)C1=O. The van der Waals surface area contributed by atoms with Crippen LogP contribution in [-0.4, -0.2) is 39.8 Å². The quantitative estimate of drug-likeness (QED) is 0.761. The summed E-state index contributed by atoms with van der Waals surface area (Å²) in [4.78, 5) is 42.5. The van der Waals surface area contributed by atoms with Crippen LogP contribution in [0.25, 0.3) is 11.1 Å². The molecule has 8 nitrogen and oxygen atoms in total. The van der Waals surface area contributed by atoms with Gasteiger partial charge in [-0.15, -0.1) is 0 Å². The summed E-state index contributed by atoms with van der Waals surface area (Å²) in [5.74, 6) is 0.358. The molecule has 0 bridgehead atoms. The van der Waals surface area contributed by atoms with Gasteiger partial charge >= 0.3 is 6.03 Å². The van der Waals surface area contributed by atoms with Gasteiger partial charge in [0.15, 0.2) is 11.5 Å². The summed E-state index contributed by atoms with van der Waals surface area (Å²) < 4.78 is 5.71. The van der Waals surface area contributed by atoms with Crippen LogP contribution in [0.15, 0.2) is 22.6 Å². The van der Waals surface area contributed by atoms with E-state index in [9.17, 15) is 14.4 Å². The Morgan fingerprint density at radius 1 is 1.33 bits per heavy atom. The van der Waals surface area contributed by atoms with Crippen LogP contribution in [0.5, 0.6) is 0 Å². The van der Waals surface area contributed by atoms with E-state index in [4.69, 9.17) is 4.42 Å². The van der Waals surface area contributed by atoms with Crippen LogP contribution in [-0.2, 0) is 9.59 Å². The summed E-state index contributed by atoms with van der Waals surface area (Å²) in [7, 11) is 0. The minimum atomic E-state index is -0.907. The van der Waals surface area contributed by atoms with Crippen molar-refractivity contribution < 1.29 is 18.8 Å². The molecule has 142 valence electrons. The number of anilines is 1. The molecule has 1 saturated heterocycles. The van der Waals surface area contributed by atoms with Crippen molar-refractivity contribution in [1.82, 2.24) is 15.2 Å². The van der Waals surface area contributed by atoms with Gasteiger partial charge in [-0.05, 0) is 43.9 Å². The number of fused-ring (bicyclic) bond motifs is 1. The zero-order valence-corrected chi connectivity index (χ0v) is 15.4. The van der Waals surface area contributed by atoms with Crippen molar-refractivity contribution >= 4 is 34.6 Å². The van der Waals surface area contributed by atoms with E-state index in [-0.39, 0.29) is 12.5 Å². The lowest BCUT2D eigenvalue weighted by molar-refractivity contribution is -0.134. The normalized spacial score (nSPS) is 18.8. The lowest BCUT2D eigenvalue weighted by atomic mass is 9.93. The van der Waals surface area contributed by atoms with E-state index >= 15 is 0 Å². The van der Waals surface area contributed by atoms with Crippen molar-refractivity contribution in [3.63, 3.8) is 0 Å². The number of carbonyl (C=O) groups is 3. The Morgan fingerprint density at radius 2 is 2.07 bits per heavy atom. The summed E-state index contributed by atoms with van der Waals surface area (Å²) in [6, 6.07) is 4.68. The fraction of sp³-hybridized carbons (Fsp3) is 0.474. The molecule has 0 atom stereocenters. The molecule has 2 aromatic rings. The first-order chi connectivity index (χ1) is 13.0. The molecule has 1 aromatic heterocycles. The number of rotatable bonds is 6. The number of urea groups is 1. The minimum absolute atomic E-state index is 0.323. The number of hydrogen-bond donors (Lipinski definition) is 2. The fourth-order valence-corrected chi connectivity index (χ4v) is 3.42. The van der Waals surface area contributed by atoms with Crippen LogP contribution >= 0.6 is 0 Å². The van der Waals surface area contributed by atoms with Gasteiger partial charge in [0.1, 0.15) is 17.6 Å². The van der Waals surface area contributed by atoms with Gasteiger partial charge in [-0.3, -0.25) is 14.5 Å². The Morgan fingerprint density at radius 3 is 2.70 bits per heavy atom. The highest BCUT2D eigenvalue weighted by Gasteiger charge is 2.49. The van der Waals surface area contributed by atoms with E-state index in [0.717, 1.165) is 23.6 Å². The Balaban J connectivity index is 1.45. The first kappa shape index (κ1) is 17.5. The number of hydrogen-bond acceptors (Lipinski definition) is 5. The van der Waals surface area contributed by atoms with E-state index in [1.165, 1.54) is 0 Å². The predicted octanol–water partition coefficient (Wildman–Crippen LogP) is 2.75. The number of carbonyl (C=O) groups excluding carboxylic acids is 3. The number of nitrogens with zero attached hydrogens (tertiary/aromatic N) is 2. The molecule has 1 saturated carbocycles. The van der Waals surface area contributed by atoms with Crippen LogP contribution in [0.1, 0.15) is 51.3 Å². The summed E-state index contributed by atoms with van der Waals surface area (Å²) in [6.07, 6.45) is 3.16. The first-order valence-electron chi connectivity index (χ1n) is 9.30. The first-order valence-corrected chi connectivity index (χ1v) is 9.30. The maximum Gasteiger partial charge on any atom is 0.325 e. The molecule has 2 N–H and O–H groups in total. The average molecular weight is 370 g/mol. The van der Waals surface area contributed by atoms with Crippen LogP contribution in [0.2, 0.25) is 0 Å². The van der Waals surface area contributed by atoms with Crippen LogP contribution < -0.4 is 10.6 Å². The van der Waals surface area contributed by atoms with Crippen LogP contribution in [0.3, 0.4) is 0 Å². The zero-order chi connectivity index (χ0) is 19.2. The zero-order valence-electron chi connectivity index (χ0n) is 15.4. The number of benzene rings is 1. The molecule has 1 aromatic carbocycles. The molecule has 2 aliphatic rings. The van der Waals surface area contributed by atoms with Crippen LogP contribution in [0, 0.1) is 0 Å². The third-order valence-corrected chi connectivity index (χ3v) is 5.37. The standard InChI is InChI=1S/C19H22N4O4/c1-3-19(4-2)17(25)23(18(26)22-19)10-15(24)20-12-7-8-14-13(9-12)21-16(27-14)11-5-6-11/h7-9,11H,3-6,10H2,1-2H3,(H,20,24)(H,22,26). The van der Waals surface area contributed by atoms with E-state index in [1.807, 2.05) is 13.8 Å². The third kappa shape index (κ3) is 3.05. The molecule has 2 fully saturated rings. The van der Waals surface area contributed by atoms with Gasteiger partial charge in [-0.25, -0.2) is 9.78 Å². The molecule has 4 rings (SSSR count). The molecule has 0 spiro atoms. The summed E-state index contributed by atoms with van der Waals surface area (Å²) in [5, 5.41) is 5.44. The topological polar surface area (TPSA) is 105 Å². The minimum Gasteiger partial charge on any atom is -0.440 e. The Bertz CT molecular complexity index is 927. The second-order valence-corrected chi connectivity index (χ2v) is 7.17. The number of imide groups is 1. The number of aromatic nitrogens is 1. The second-order valence-electron chi connectivity index (χ2n) is 7.17. The molecule has 4 amide bonds. The van der Waals surface area contributed by atoms with Gasteiger partial charge < -0.3 is 15.1 Å². The molecule has 1 aliphatic carbocycles. The predicted molar refractivity (Wildman–Crippen MR) is 98.2 cm³/mol. The molecule has 2 heterocycles. The number of oxazole rings is 1. The van der Waals surface area contributed by atoms with E-state index in [1.54, 1.807) is 18.2 Å². The summed E-state index contributed by atoms with van der Waals surface area (Å²) in [5.41, 5.74) is 1.00. The molecular formula is C19H22N4O4. The maximum absolute atomic E-state index is 12.6. The molecule has 1 aliphatic heterocycles. The molecular weight excluding hydrogens is 348 g/mol. The Hall–Kier alpha value is -2.90. The van der Waals surface area contributed by atoms with Crippen molar-refractivity contribution in [2.24, 2.45) is 0 Å². The van der Waals surface area contributed by atoms with Gasteiger partial charge in [-0.1, -0.05) is 13.8 Å². The van der Waals surface area contributed by atoms with Gasteiger partial charge in [-0.2, -0.15) is 0 Å². The third-order valence-electron chi connectivity index (χ3n) is 5.37. The highest BCUT2D eigenvalue weighted by Crippen LogP contribution is 2.40. The van der Waals surface area contributed by atoms with Crippen molar-refractivity contribution in [3.8, 4) is 0 Å². The van der Waals surface area contributed by atoms with E-state index < -0.39 is 17.5 Å². The Labute approximate surface area is 156 Å². The van der Waals surface area contributed by atoms with Crippen molar-refractivity contribution in [2.75, 3.05) is 11.9 Å². The van der Waals surface area contributed by atoms with Crippen molar-refractivity contribution in [2.45, 2.75) is 51.0 Å². The van der Waals surface area contributed by atoms with Gasteiger partial charge in [0.25, 0.3) is 5.91 Å². The Kier molecular flexibility index (Phi) is 4.13. The molecule has 0 unspecified atom stereocenters. The van der Waals surface area contributed by atoms with Gasteiger partial charge in [0, 0.05) is 11.6 Å². The lowest BCUT2D eigenvalue weighted by Crippen LogP contribution is -2.46. The van der Waals surface area contributed by atoms with Crippen molar-refractivity contribution in [1.29, 1.82) is 0 Å². The fourth-order valence-electron chi connectivity index (χ4n) is 3.42. The number of amides is 4. The summed E-state index contributed by atoms with van der Waals surface area (Å²) >= 11 is 0. The smallest absolute Gasteiger partial charge is 0.325 e. The molecule has 8 heteroatoms. The second kappa shape index (κ2) is 6.37. The number of nitrogens with one attached hydrogen (secondary N) is 2. The summed E-state index contributed by atoms with van der Waals surface area (Å²) in [6.45, 7) is 3.36. The van der Waals surface area contributed by atoms with Crippen LogP contribution in [0.4, 0.5) is 10.5 Å². The monoisotopic (exact) mass is 370 g/mol. The van der Waals surface area contributed by atoms with Gasteiger partial charge in [0.2, 0.25) is 5.91 Å². The van der Waals surface area contributed by atoms with Crippen molar-refractivity contribution in [3.05, 3.63) is 24.1 Å². The highest BCUT2D eigenvalue weighted by molar-refractivity contribution is 6.10. The average Bonchev–Trinajstić information content (AvgIpc) is 3.38. The highest BCUT2D eigenvalue weighted by atomic mass is 16.3. The van der Waals surface area contributed by atoms with E-state index in [2.05, 4.69) is 15.6 Å².